The monoisotopic (exact) mass is 166 g/mol. The van der Waals surface area contributed by atoms with Gasteiger partial charge in [0, 0.05) is 0 Å². The van der Waals surface area contributed by atoms with Crippen molar-refractivity contribution in [1.29, 1.82) is 0 Å². The van der Waals surface area contributed by atoms with Crippen LogP contribution >= 0.6 is 0 Å². The van der Waals surface area contributed by atoms with E-state index in [9.17, 15) is 4.79 Å². The molecule has 1 aromatic rings. The molecule has 0 unspecified atom stereocenters. The van der Waals surface area contributed by atoms with Gasteiger partial charge < -0.3 is 10.2 Å². The van der Waals surface area contributed by atoms with E-state index in [0.717, 1.165) is 5.56 Å². The van der Waals surface area contributed by atoms with Crippen molar-refractivity contribution < 1.29 is 15.0 Å². The molecular weight excluding hydrogens is 156 g/mol. The van der Waals surface area contributed by atoms with E-state index < -0.39 is 5.97 Å². The maximum atomic E-state index is 10.5. The summed E-state index contributed by atoms with van der Waals surface area (Å²) in [4.78, 5) is 10.5. The van der Waals surface area contributed by atoms with Crippen molar-refractivity contribution in [3.63, 3.8) is 0 Å². The zero-order valence-corrected chi connectivity index (χ0v) is 6.74. The summed E-state index contributed by atoms with van der Waals surface area (Å²) in [5.41, 5.74) is 0.958. The van der Waals surface area contributed by atoms with Gasteiger partial charge in [0.2, 0.25) is 0 Å². The highest BCUT2D eigenvalue weighted by atomic mass is 16.4. The summed E-state index contributed by atoms with van der Waals surface area (Å²) in [7, 11) is 0. The number of hydrogen-bond acceptors (Lipinski definition) is 2. The first-order valence-electron chi connectivity index (χ1n) is 3.69. The van der Waals surface area contributed by atoms with Gasteiger partial charge in [-0.25, -0.2) is 4.79 Å². The predicted molar refractivity (Wildman–Crippen MR) is 44.4 cm³/mol. The molecule has 0 radical (unpaired) electrons. The van der Waals surface area contributed by atoms with Crippen molar-refractivity contribution >= 4 is 5.97 Å². The zero-order chi connectivity index (χ0) is 9.14. The van der Waals surface area contributed by atoms with Crippen LogP contribution < -0.4 is 0 Å². The zero-order valence-electron chi connectivity index (χ0n) is 6.74. The topological polar surface area (TPSA) is 57.5 Å². The highest BCUT2D eigenvalue weighted by Crippen LogP contribution is 2.15. The Balaban J connectivity index is 3.15. The molecule has 0 aliphatic carbocycles. The molecule has 64 valence electrons. The summed E-state index contributed by atoms with van der Waals surface area (Å²) in [5.74, 6) is -1.01. The fourth-order valence-electron chi connectivity index (χ4n) is 1.00. The normalized spacial score (nSPS) is 9.75. The van der Waals surface area contributed by atoms with Gasteiger partial charge >= 0.3 is 5.97 Å². The number of aryl methyl sites for hydroxylation is 1. The molecule has 3 nitrogen and oxygen atoms in total. The second-order valence-corrected chi connectivity index (χ2v) is 2.55. The van der Waals surface area contributed by atoms with E-state index in [2.05, 4.69) is 0 Å². The molecule has 0 spiro atoms. The summed E-state index contributed by atoms with van der Waals surface area (Å²) < 4.78 is 0. The van der Waals surface area contributed by atoms with E-state index in [1.54, 1.807) is 12.1 Å². The highest BCUT2D eigenvalue weighted by Gasteiger charge is 2.04. The Labute approximate surface area is 70.3 Å². The molecule has 0 saturated heterocycles. The summed E-state index contributed by atoms with van der Waals surface area (Å²) >= 11 is 0. The van der Waals surface area contributed by atoms with E-state index in [0.29, 0.717) is 6.42 Å². The molecule has 0 fully saturated rings. The Morgan fingerprint density at radius 1 is 1.42 bits per heavy atom. The third-order valence-corrected chi connectivity index (χ3v) is 1.63. The number of phenolic OH excluding ortho intramolecular Hbond substituents is 1. The third-order valence-electron chi connectivity index (χ3n) is 1.63. The molecule has 3 heteroatoms. The first-order valence-corrected chi connectivity index (χ1v) is 3.69. The van der Waals surface area contributed by atoms with E-state index in [4.69, 9.17) is 10.2 Å². The summed E-state index contributed by atoms with van der Waals surface area (Å²) in [6.07, 6.45) is 0.717. The van der Waals surface area contributed by atoms with Crippen molar-refractivity contribution in [2.75, 3.05) is 0 Å². The van der Waals surface area contributed by atoms with E-state index >= 15 is 0 Å². The molecule has 0 atom stereocenters. The van der Waals surface area contributed by atoms with Crippen molar-refractivity contribution in [3.05, 3.63) is 29.3 Å². The fourth-order valence-corrected chi connectivity index (χ4v) is 1.00. The first-order chi connectivity index (χ1) is 5.63. The van der Waals surface area contributed by atoms with Gasteiger partial charge in [0.15, 0.2) is 0 Å². The van der Waals surface area contributed by atoms with Crippen LogP contribution in [0.4, 0.5) is 0 Å². The molecule has 0 saturated carbocycles. The summed E-state index contributed by atoms with van der Waals surface area (Å²) in [6.45, 7) is 1.90. The Kier molecular flexibility index (Phi) is 2.33. The van der Waals surface area contributed by atoms with Crippen LogP contribution in [0.15, 0.2) is 18.2 Å². The number of aromatic carboxylic acids is 1. The number of rotatable bonds is 2. The van der Waals surface area contributed by atoms with Gasteiger partial charge in [0.1, 0.15) is 5.75 Å². The molecule has 1 aromatic carbocycles. The maximum Gasteiger partial charge on any atom is 0.335 e. The Morgan fingerprint density at radius 2 is 2.08 bits per heavy atom. The van der Waals surface area contributed by atoms with Gasteiger partial charge in [-0.05, 0) is 30.2 Å². The van der Waals surface area contributed by atoms with Crippen molar-refractivity contribution in [3.8, 4) is 5.75 Å². The van der Waals surface area contributed by atoms with E-state index in [1.165, 1.54) is 6.07 Å². The molecule has 0 aromatic heterocycles. The lowest BCUT2D eigenvalue weighted by atomic mass is 10.1. The van der Waals surface area contributed by atoms with Gasteiger partial charge in [0.05, 0.1) is 5.56 Å². The largest absolute Gasteiger partial charge is 0.508 e. The molecule has 0 aliphatic rings. The Morgan fingerprint density at radius 3 is 2.58 bits per heavy atom. The van der Waals surface area contributed by atoms with Crippen LogP contribution in [0.25, 0.3) is 0 Å². The van der Waals surface area contributed by atoms with Crippen LogP contribution in [-0.2, 0) is 6.42 Å². The Bertz CT molecular complexity index is 305. The summed E-state index contributed by atoms with van der Waals surface area (Å²) in [5, 5.41) is 17.7. The lowest BCUT2D eigenvalue weighted by Gasteiger charge is -2.00. The minimum atomic E-state index is -1.01. The first kappa shape index (κ1) is 8.59. The molecule has 2 N–H and O–H groups in total. The van der Waals surface area contributed by atoms with Crippen molar-refractivity contribution in [2.45, 2.75) is 13.3 Å². The SMILES string of the molecule is CCc1cc(O)cc(C(=O)O)c1. The minimum Gasteiger partial charge on any atom is -0.508 e. The standard InChI is InChI=1S/C9H10O3/c1-2-6-3-7(9(11)12)5-8(10)4-6/h3-5,10H,2H2,1H3,(H,11,12). The average molecular weight is 166 g/mol. The smallest absolute Gasteiger partial charge is 0.335 e. The molecule has 0 aliphatic heterocycles. The van der Waals surface area contributed by atoms with Crippen LogP contribution in [-0.4, -0.2) is 16.2 Å². The van der Waals surface area contributed by atoms with Gasteiger partial charge in [-0.2, -0.15) is 0 Å². The highest BCUT2D eigenvalue weighted by molar-refractivity contribution is 5.88. The van der Waals surface area contributed by atoms with E-state index in [-0.39, 0.29) is 11.3 Å². The minimum absolute atomic E-state index is 0.00625. The van der Waals surface area contributed by atoms with Gasteiger partial charge in [-0.1, -0.05) is 6.92 Å². The van der Waals surface area contributed by atoms with Gasteiger partial charge in [-0.15, -0.1) is 0 Å². The number of hydrogen-bond donors (Lipinski definition) is 2. The Hall–Kier alpha value is -1.51. The van der Waals surface area contributed by atoms with Crippen LogP contribution in [0.3, 0.4) is 0 Å². The van der Waals surface area contributed by atoms with Gasteiger partial charge in [0.25, 0.3) is 0 Å². The number of benzene rings is 1. The number of carboxylic acids is 1. The van der Waals surface area contributed by atoms with Crippen LogP contribution in [0, 0.1) is 0 Å². The molecule has 0 amide bonds. The van der Waals surface area contributed by atoms with E-state index in [1.807, 2.05) is 6.92 Å². The maximum absolute atomic E-state index is 10.5. The molecule has 12 heavy (non-hydrogen) atoms. The van der Waals surface area contributed by atoms with Crippen LogP contribution in [0.5, 0.6) is 5.75 Å². The third kappa shape index (κ3) is 1.75. The predicted octanol–water partition coefficient (Wildman–Crippen LogP) is 1.65. The number of carboxylic acid groups (broad SMARTS) is 1. The number of aromatic hydroxyl groups is 1. The fraction of sp³-hybridized carbons (Fsp3) is 0.222. The summed E-state index contributed by atoms with van der Waals surface area (Å²) in [6, 6.07) is 4.36. The number of phenols is 1. The van der Waals surface area contributed by atoms with Crippen LogP contribution in [0.2, 0.25) is 0 Å². The van der Waals surface area contributed by atoms with Crippen LogP contribution in [0.1, 0.15) is 22.8 Å². The second kappa shape index (κ2) is 3.26. The van der Waals surface area contributed by atoms with Crippen molar-refractivity contribution in [1.82, 2.24) is 0 Å². The number of carbonyl (C=O) groups is 1. The quantitative estimate of drug-likeness (QED) is 0.702. The molecule has 0 heterocycles. The lowest BCUT2D eigenvalue weighted by Crippen LogP contribution is -1.96. The molecular formula is C9H10O3. The van der Waals surface area contributed by atoms with Gasteiger partial charge in [-0.3, -0.25) is 0 Å². The van der Waals surface area contributed by atoms with Crippen molar-refractivity contribution in [2.24, 2.45) is 0 Å². The molecule has 0 bridgehead atoms. The molecule has 1 rings (SSSR count). The lowest BCUT2D eigenvalue weighted by molar-refractivity contribution is 0.0696. The average Bonchev–Trinajstić information content (AvgIpc) is 2.03. The second-order valence-electron chi connectivity index (χ2n) is 2.55.